The summed E-state index contributed by atoms with van der Waals surface area (Å²) in [6.07, 6.45) is 0.833. The van der Waals surface area contributed by atoms with E-state index in [9.17, 15) is 4.79 Å². The minimum absolute atomic E-state index is 0.177. The molecule has 3 nitrogen and oxygen atoms in total. The van der Waals surface area contributed by atoms with E-state index in [0.29, 0.717) is 21.3 Å². The molecule has 0 spiro atoms. The molecule has 0 unspecified atom stereocenters. The minimum atomic E-state index is -0.177. The fraction of sp³-hybridized carbons (Fsp3) is 0.120. The van der Waals surface area contributed by atoms with Crippen molar-refractivity contribution in [3.05, 3.63) is 93.5 Å². The molecule has 4 rings (SSSR count). The van der Waals surface area contributed by atoms with Crippen LogP contribution in [0.15, 0.2) is 66.7 Å². The second-order valence-corrected chi connectivity index (χ2v) is 7.96. The van der Waals surface area contributed by atoms with Gasteiger partial charge in [-0.05, 0) is 54.8 Å². The monoisotopic (exact) mass is 434 g/mol. The lowest BCUT2D eigenvalue weighted by Gasteiger charge is -2.15. The van der Waals surface area contributed by atoms with Crippen LogP contribution in [-0.4, -0.2) is 10.9 Å². The summed E-state index contributed by atoms with van der Waals surface area (Å²) in [6, 6.07) is 20.7. The van der Waals surface area contributed by atoms with Crippen LogP contribution in [0.3, 0.4) is 0 Å². The number of para-hydroxylation sites is 2. The first-order valence-corrected chi connectivity index (χ1v) is 10.5. The Kier molecular flexibility index (Phi) is 5.76. The van der Waals surface area contributed by atoms with Gasteiger partial charge in [0.2, 0.25) is 0 Å². The summed E-state index contributed by atoms with van der Waals surface area (Å²) in [5.74, 6) is -0.177. The molecule has 0 aliphatic rings. The fourth-order valence-electron chi connectivity index (χ4n) is 3.58. The van der Waals surface area contributed by atoms with Crippen molar-refractivity contribution in [2.24, 2.45) is 0 Å². The van der Waals surface area contributed by atoms with Crippen LogP contribution >= 0.6 is 23.2 Å². The lowest BCUT2D eigenvalue weighted by atomic mass is 10.0. The quantitative estimate of drug-likeness (QED) is 0.365. The zero-order chi connectivity index (χ0) is 21.3. The highest BCUT2D eigenvalue weighted by Gasteiger charge is 2.17. The molecule has 4 aromatic rings. The van der Waals surface area contributed by atoms with Gasteiger partial charge in [0.15, 0.2) is 0 Å². The molecule has 150 valence electrons. The SMILES string of the molecule is CCc1cccc(C)c1NC(=O)c1cc(-c2ccc(Cl)cc2Cl)nc2ccccc12. The maximum absolute atomic E-state index is 13.4. The molecular formula is C25H20Cl2N2O. The summed E-state index contributed by atoms with van der Waals surface area (Å²) >= 11 is 12.5. The van der Waals surface area contributed by atoms with Gasteiger partial charge >= 0.3 is 0 Å². The number of carbonyl (C=O) groups excluding carboxylic acids is 1. The van der Waals surface area contributed by atoms with Gasteiger partial charge in [-0.15, -0.1) is 0 Å². The maximum Gasteiger partial charge on any atom is 0.256 e. The first-order valence-electron chi connectivity index (χ1n) is 9.73. The van der Waals surface area contributed by atoms with Gasteiger partial charge in [0.25, 0.3) is 5.91 Å². The molecule has 0 atom stereocenters. The zero-order valence-corrected chi connectivity index (χ0v) is 18.2. The van der Waals surface area contributed by atoms with Crippen LogP contribution in [0.1, 0.15) is 28.4 Å². The third-order valence-electron chi connectivity index (χ3n) is 5.15. The first kappa shape index (κ1) is 20.4. The Bertz CT molecular complexity index is 1270. The van der Waals surface area contributed by atoms with Crippen LogP contribution in [0.4, 0.5) is 5.69 Å². The Hall–Kier alpha value is -2.88. The number of aromatic nitrogens is 1. The lowest BCUT2D eigenvalue weighted by Crippen LogP contribution is -2.15. The van der Waals surface area contributed by atoms with Gasteiger partial charge in [-0.3, -0.25) is 4.79 Å². The summed E-state index contributed by atoms with van der Waals surface area (Å²) in [7, 11) is 0. The maximum atomic E-state index is 13.4. The molecule has 1 aromatic heterocycles. The number of nitrogens with zero attached hydrogens (tertiary/aromatic N) is 1. The van der Waals surface area contributed by atoms with Crippen LogP contribution in [0.2, 0.25) is 10.0 Å². The average molecular weight is 435 g/mol. The van der Waals surface area contributed by atoms with Crippen molar-refractivity contribution in [3.8, 4) is 11.3 Å². The Morgan fingerprint density at radius 2 is 1.80 bits per heavy atom. The predicted octanol–water partition coefficient (Wildman–Crippen LogP) is 7.33. The molecule has 0 saturated heterocycles. The Morgan fingerprint density at radius 1 is 1.00 bits per heavy atom. The normalized spacial score (nSPS) is 10.9. The van der Waals surface area contributed by atoms with Crippen LogP contribution in [0, 0.1) is 6.92 Å². The standard InChI is InChI=1S/C25H20Cl2N2O/c1-3-16-8-6-7-15(2)24(16)29-25(30)20-14-23(19-12-11-17(26)13-21(19)27)28-22-10-5-4-9-18(20)22/h4-14H,3H2,1-2H3,(H,29,30). The van der Waals surface area contributed by atoms with Gasteiger partial charge in [0.05, 0.1) is 21.8 Å². The number of hydrogen-bond donors (Lipinski definition) is 1. The number of amides is 1. The molecule has 5 heteroatoms. The predicted molar refractivity (Wildman–Crippen MR) is 126 cm³/mol. The topological polar surface area (TPSA) is 42.0 Å². The van der Waals surface area contributed by atoms with Gasteiger partial charge < -0.3 is 5.32 Å². The van der Waals surface area contributed by atoms with Gasteiger partial charge in [-0.1, -0.05) is 66.5 Å². The Labute approximate surface area is 185 Å². The van der Waals surface area contributed by atoms with Crippen LogP contribution in [0.25, 0.3) is 22.2 Å². The molecule has 3 aromatic carbocycles. The molecule has 0 aliphatic carbocycles. The number of nitrogens with one attached hydrogen (secondary N) is 1. The summed E-state index contributed by atoms with van der Waals surface area (Å²) in [4.78, 5) is 18.1. The first-order chi connectivity index (χ1) is 14.5. The molecule has 30 heavy (non-hydrogen) atoms. The molecule has 0 radical (unpaired) electrons. The van der Waals surface area contributed by atoms with Gasteiger partial charge in [-0.2, -0.15) is 0 Å². The van der Waals surface area contributed by atoms with Crippen molar-refractivity contribution in [2.45, 2.75) is 20.3 Å². The zero-order valence-electron chi connectivity index (χ0n) is 16.7. The summed E-state index contributed by atoms with van der Waals surface area (Å²) < 4.78 is 0. The molecule has 1 heterocycles. The average Bonchev–Trinajstić information content (AvgIpc) is 2.74. The molecule has 0 aliphatic heterocycles. The van der Waals surface area contributed by atoms with Crippen molar-refractivity contribution in [1.82, 2.24) is 4.98 Å². The molecular weight excluding hydrogens is 415 g/mol. The molecule has 0 bridgehead atoms. The number of aryl methyl sites for hydroxylation is 2. The van der Waals surface area contributed by atoms with Crippen molar-refractivity contribution in [2.75, 3.05) is 5.32 Å². The van der Waals surface area contributed by atoms with Gasteiger partial charge in [-0.25, -0.2) is 4.98 Å². The highest BCUT2D eigenvalue weighted by Crippen LogP contribution is 2.32. The van der Waals surface area contributed by atoms with Gasteiger partial charge in [0, 0.05) is 21.7 Å². The second kappa shape index (κ2) is 8.47. The van der Waals surface area contributed by atoms with E-state index >= 15 is 0 Å². The summed E-state index contributed by atoms with van der Waals surface area (Å²) in [5.41, 5.74) is 5.62. The van der Waals surface area contributed by atoms with Crippen LogP contribution < -0.4 is 5.32 Å². The summed E-state index contributed by atoms with van der Waals surface area (Å²) in [5, 5.41) is 4.95. The van der Waals surface area contributed by atoms with E-state index < -0.39 is 0 Å². The number of anilines is 1. The Morgan fingerprint density at radius 3 is 2.57 bits per heavy atom. The number of carbonyl (C=O) groups is 1. The highest BCUT2D eigenvalue weighted by molar-refractivity contribution is 6.36. The van der Waals surface area contributed by atoms with Crippen molar-refractivity contribution >= 4 is 45.7 Å². The van der Waals surface area contributed by atoms with Gasteiger partial charge in [0.1, 0.15) is 0 Å². The number of hydrogen-bond acceptors (Lipinski definition) is 2. The van der Waals surface area contributed by atoms with E-state index in [1.165, 1.54) is 0 Å². The highest BCUT2D eigenvalue weighted by atomic mass is 35.5. The Balaban J connectivity index is 1.85. The largest absolute Gasteiger partial charge is 0.321 e. The third-order valence-corrected chi connectivity index (χ3v) is 5.69. The molecule has 0 saturated carbocycles. The van der Waals surface area contributed by atoms with Crippen molar-refractivity contribution in [1.29, 1.82) is 0 Å². The van der Waals surface area contributed by atoms with Crippen molar-refractivity contribution < 1.29 is 4.79 Å². The second-order valence-electron chi connectivity index (χ2n) is 7.11. The van der Waals surface area contributed by atoms with E-state index in [-0.39, 0.29) is 5.91 Å². The third kappa shape index (κ3) is 3.91. The van der Waals surface area contributed by atoms with Crippen LogP contribution in [-0.2, 0) is 6.42 Å². The van der Waals surface area contributed by atoms with E-state index in [1.54, 1.807) is 18.2 Å². The smallest absolute Gasteiger partial charge is 0.256 e. The molecule has 1 amide bonds. The van der Waals surface area contributed by atoms with E-state index in [2.05, 4.69) is 12.2 Å². The van der Waals surface area contributed by atoms with Crippen LogP contribution in [0.5, 0.6) is 0 Å². The lowest BCUT2D eigenvalue weighted by molar-refractivity contribution is 0.102. The number of pyridine rings is 1. The van der Waals surface area contributed by atoms with E-state index in [4.69, 9.17) is 28.2 Å². The number of fused-ring (bicyclic) bond motifs is 1. The summed E-state index contributed by atoms with van der Waals surface area (Å²) in [6.45, 7) is 4.07. The van der Waals surface area contributed by atoms with E-state index in [0.717, 1.165) is 39.7 Å². The molecule has 1 N–H and O–H groups in total. The molecule has 0 fully saturated rings. The van der Waals surface area contributed by atoms with E-state index in [1.807, 2.05) is 55.5 Å². The fourth-order valence-corrected chi connectivity index (χ4v) is 4.09. The minimum Gasteiger partial charge on any atom is -0.321 e. The number of benzene rings is 3. The number of halogens is 2. The number of rotatable bonds is 4. The van der Waals surface area contributed by atoms with Crippen molar-refractivity contribution in [3.63, 3.8) is 0 Å².